The summed E-state index contributed by atoms with van der Waals surface area (Å²) in [6.45, 7) is 1.54. The highest BCUT2D eigenvalue weighted by molar-refractivity contribution is 5.99. The number of pyridine rings is 1. The van der Waals surface area contributed by atoms with E-state index in [0.29, 0.717) is 5.56 Å². The van der Waals surface area contributed by atoms with Crippen molar-refractivity contribution >= 4 is 22.8 Å². The van der Waals surface area contributed by atoms with Crippen LogP contribution in [0.4, 0.5) is 13.2 Å². The number of carbonyl (C=O) groups is 2. The van der Waals surface area contributed by atoms with Crippen molar-refractivity contribution in [1.82, 2.24) is 15.3 Å². The first-order chi connectivity index (χ1) is 18.4. The van der Waals surface area contributed by atoms with Crippen molar-refractivity contribution in [3.05, 3.63) is 71.2 Å². The summed E-state index contributed by atoms with van der Waals surface area (Å²) in [6, 6.07) is 8.39. The lowest BCUT2D eigenvalue weighted by atomic mass is 10.1. The van der Waals surface area contributed by atoms with Crippen molar-refractivity contribution in [2.24, 2.45) is 5.73 Å². The molecule has 10 nitrogen and oxygen atoms in total. The summed E-state index contributed by atoms with van der Waals surface area (Å²) in [5, 5.41) is 12.3. The normalized spacial score (nSPS) is 13.1. The van der Waals surface area contributed by atoms with Crippen molar-refractivity contribution < 1.29 is 41.8 Å². The first kappa shape index (κ1) is 27.4. The standard InChI is InChI=1S/C26H23F3N4O6/c1-12(30)22-21(23(35)32-19(25(36)38-3)13-4-6-14(34)7-5-13)33-24(39-22)16-8-10-17(37-2)20-15(16)9-11-18(31-20)26(27,28)29/h4-12,19,34H,30H2,1-3H3,(H,32,35)/t12-,19+/m0/s1. The summed E-state index contributed by atoms with van der Waals surface area (Å²) in [5.41, 5.74) is 5.14. The Morgan fingerprint density at radius 3 is 2.33 bits per heavy atom. The van der Waals surface area contributed by atoms with E-state index in [4.69, 9.17) is 19.6 Å². The highest BCUT2D eigenvalue weighted by atomic mass is 19.4. The molecule has 39 heavy (non-hydrogen) atoms. The fourth-order valence-corrected chi connectivity index (χ4v) is 3.88. The number of methoxy groups -OCH3 is 2. The number of aromatic hydroxyl groups is 1. The molecule has 0 bridgehead atoms. The Kier molecular flexibility index (Phi) is 7.45. The second-order valence-electron chi connectivity index (χ2n) is 8.45. The smallest absolute Gasteiger partial charge is 0.433 e. The van der Waals surface area contributed by atoms with Gasteiger partial charge in [0.1, 0.15) is 22.7 Å². The third-order valence-electron chi connectivity index (χ3n) is 5.78. The van der Waals surface area contributed by atoms with Crippen LogP contribution in [0, 0.1) is 0 Å². The Morgan fingerprint density at radius 1 is 1.05 bits per heavy atom. The number of ether oxygens (including phenoxy) is 2. The molecule has 204 valence electrons. The molecule has 0 saturated heterocycles. The molecule has 0 aliphatic rings. The number of halogens is 3. The number of esters is 1. The Labute approximate surface area is 219 Å². The van der Waals surface area contributed by atoms with Gasteiger partial charge in [-0.05, 0) is 48.9 Å². The molecule has 0 fully saturated rings. The predicted octanol–water partition coefficient (Wildman–Crippen LogP) is 4.29. The average molecular weight is 544 g/mol. The van der Waals surface area contributed by atoms with E-state index in [1.54, 1.807) is 6.92 Å². The van der Waals surface area contributed by atoms with Gasteiger partial charge < -0.3 is 30.0 Å². The molecule has 2 atom stereocenters. The van der Waals surface area contributed by atoms with Crippen LogP contribution in [-0.2, 0) is 15.7 Å². The maximum atomic E-state index is 13.3. The van der Waals surface area contributed by atoms with Gasteiger partial charge >= 0.3 is 12.1 Å². The lowest BCUT2D eigenvalue weighted by Gasteiger charge is -2.16. The van der Waals surface area contributed by atoms with Gasteiger partial charge in [0.15, 0.2) is 17.5 Å². The molecule has 0 aliphatic heterocycles. The molecule has 0 aliphatic carbocycles. The molecule has 2 heterocycles. The number of rotatable bonds is 7. The summed E-state index contributed by atoms with van der Waals surface area (Å²) in [6.07, 6.45) is -4.68. The zero-order valence-electron chi connectivity index (χ0n) is 20.9. The van der Waals surface area contributed by atoms with Gasteiger partial charge in [-0.25, -0.2) is 14.8 Å². The minimum atomic E-state index is -4.68. The van der Waals surface area contributed by atoms with Crippen LogP contribution in [0.1, 0.15) is 46.5 Å². The van der Waals surface area contributed by atoms with E-state index >= 15 is 0 Å². The molecule has 1 amide bonds. The zero-order chi connectivity index (χ0) is 28.5. The second-order valence-corrected chi connectivity index (χ2v) is 8.45. The van der Waals surface area contributed by atoms with Crippen LogP contribution in [0.2, 0.25) is 0 Å². The summed E-state index contributed by atoms with van der Waals surface area (Å²) in [4.78, 5) is 33.7. The molecule has 0 spiro atoms. The first-order valence-electron chi connectivity index (χ1n) is 11.4. The Bertz CT molecular complexity index is 1530. The molecule has 2 aromatic carbocycles. The minimum absolute atomic E-state index is 0.0272. The van der Waals surface area contributed by atoms with Gasteiger partial charge in [0.05, 0.1) is 20.3 Å². The van der Waals surface area contributed by atoms with E-state index in [1.807, 2.05) is 0 Å². The number of fused-ring (bicyclic) bond motifs is 1. The quantitative estimate of drug-likeness (QED) is 0.290. The van der Waals surface area contributed by atoms with Crippen molar-refractivity contribution in [3.63, 3.8) is 0 Å². The number of benzene rings is 2. The van der Waals surface area contributed by atoms with Crippen LogP contribution in [0.15, 0.2) is 52.9 Å². The van der Waals surface area contributed by atoms with Gasteiger partial charge in [0.2, 0.25) is 5.89 Å². The van der Waals surface area contributed by atoms with Gasteiger partial charge in [-0.2, -0.15) is 13.2 Å². The molecule has 0 unspecified atom stereocenters. The summed E-state index contributed by atoms with van der Waals surface area (Å²) >= 11 is 0. The molecule has 4 aromatic rings. The van der Waals surface area contributed by atoms with E-state index in [1.165, 1.54) is 49.6 Å². The maximum absolute atomic E-state index is 13.3. The highest BCUT2D eigenvalue weighted by Crippen LogP contribution is 2.37. The molecule has 0 radical (unpaired) electrons. The zero-order valence-corrected chi connectivity index (χ0v) is 20.9. The van der Waals surface area contributed by atoms with Crippen LogP contribution < -0.4 is 15.8 Å². The number of nitrogens with zero attached hydrogens (tertiary/aromatic N) is 2. The van der Waals surface area contributed by atoms with Crippen LogP contribution in [0.25, 0.3) is 22.4 Å². The van der Waals surface area contributed by atoms with Crippen molar-refractivity contribution in [2.75, 3.05) is 14.2 Å². The number of phenolic OH excluding ortho intramolecular Hbond substituents is 1. The second kappa shape index (κ2) is 10.6. The third-order valence-corrected chi connectivity index (χ3v) is 5.78. The molecule has 4 rings (SSSR count). The van der Waals surface area contributed by atoms with Crippen LogP contribution in [0.3, 0.4) is 0 Å². The third kappa shape index (κ3) is 5.48. The van der Waals surface area contributed by atoms with Gasteiger partial charge in [-0.3, -0.25) is 4.79 Å². The largest absolute Gasteiger partial charge is 0.508 e. The summed E-state index contributed by atoms with van der Waals surface area (Å²) in [5.74, 6) is -1.70. The summed E-state index contributed by atoms with van der Waals surface area (Å²) < 4.78 is 55.7. The van der Waals surface area contributed by atoms with Gasteiger partial charge in [-0.15, -0.1) is 0 Å². The Morgan fingerprint density at radius 2 is 1.74 bits per heavy atom. The van der Waals surface area contributed by atoms with Crippen molar-refractivity contribution in [2.45, 2.75) is 25.2 Å². The van der Waals surface area contributed by atoms with E-state index in [9.17, 15) is 27.9 Å². The lowest BCUT2D eigenvalue weighted by Crippen LogP contribution is -2.35. The molecule has 4 N–H and O–H groups in total. The van der Waals surface area contributed by atoms with Crippen LogP contribution in [-0.4, -0.2) is 41.2 Å². The van der Waals surface area contributed by atoms with E-state index in [0.717, 1.165) is 13.2 Å². The van der Waals surface area contributed by atoms with Crippen molar-refractivity contribution in [3.8, 4) is 23.0 Å². The number of phenols is 1. The SMILES string of the molecule is COC(=O)[C@H](NC(=O)c1nc(-c2ccc(OC)c3nc(C(F)(F)F)ccc23)oc1[C@H](C)N)c1ccc(O)cc1. The summed E-state index contributed by atoms with van der Waals surface area (Å²) in [7, 11) is 2.44. The number of carbonyl (C=O) groups excluding carboxylic acids is 2. The number of hydrogen-bond donors (Lipinski definition) is 3. The maximum Gasteiger partial charge on any atom is 0.433 e. The number of alkyl halides is 3. The minimum Gasteiger partial charge on any atom is -0.508 e. The molecule has 0 saturated carbocycles. The molecule has 13 heteroatoms. The molecule has 2 aromatic heterocycles. The van der Waals surface area contributed by atoms with E-state index in [-0.39, 0.29) is 45.3 Å². The predicted molar refractivity (Wildman–Crippen MR) is 132 cm³/mol. The Balaban J connectivity index is 1.79. The van der Waals surface area contributed by atoms with Crippen molar-refractivity contribution in [1.29, 1.82) is 0 Å². The lowest BCUT2D eigenvalue weighted by molar-refractivity contribution is -0.143. The molecular weight excluding hydrogens is 521 g/mol. The van der Waals surface area contributed by atoms with Crippen LogP contribution >= 0.6 is 0 Å². The van der Waals surface area contributed by atoms with Crippen LogP contribution in [0.5, 0.6) is 11.5 Å². The topological polar surface area (TPSA) is 150 Å². The Hall–Kier alpha value is -4.65. The fourth-order valence-electron chi connectivity index (χ4n) is 3.88. The van der Waals surface area contributed by atoms with Gasteiger partial charge in [-0.1, -0.05) is 12.1 Å². The van der Waals surface area contributed by atoms with E-state index in [2.05, 4.69) is 15.3 Å². The molecular formula is C26H23F3N4O6. The fraction of sp³-hybridized carbons (Fsp3) is 0.231. The number of nitrogens with two attached hydrogens (primary N) is 1. The highest BCUT2D eigenvalue weighted by Gasteiger charge is 2.34. The number of nitrogens with one attached hydrogen (secondary N) is 1. The number of aromatic nitrogens is 2. The number of hydrogen-bond acceptors (Lipinski definition) is 9. The monoisotopic (exact) mass is 544 g/mol. The van der Waals surface area contributed by atoms with E-state index < -0.39 is 35.8 Å². The van der Waals surface area contributed by atoms with Gasteiger partial charge in [0, 0.05) is 10.9 Å². The van der Waals surface area contributed by atoms with Gasteiger partial charge in [0.25, 0.3) is 5.91 Å². The number of oxazole rings is 1. The average Bonchev–Trinajstić information content (AvgIpc) is 3.36. The first-order valence-corrected chi connectivity index (χ1v) is 11.4. The number of amides is 1.